The normalized spacial score (nSPS) is 19.1. The van der Waals surface area contributed by atoms with E-state index in [1.165, 1.54) is 25.7 Å². The maximum absolute atomic E-state index is 13.7. The van der Waals surface area contributed by atoms with Crippen LogP contribution in [0.4, 0.5) is 0 Å². The van der Waals surface area contributed by atoms with E-state index in [1.54, 1.807) is 16.2 Å². The smallest absolute Gasteiger partial charge is 0.242 e. The summed E-state index contributed by atoms with van der Waals surface area (Å²) >= 11 is 1.63. The van der Waals surface area contributed by atoms with Crippen LogP contribution in [-0.2, 0) is 27.4 Å². The maximum atomic E-state index is 13.7. The number of hydrogen-bond donors (Lipinski definition) is 0. The molecule has 194 valence electrons. The molecule has 1 aliphatic carbocycles. The average molecular weight is 513 g/mol. The van der Waals surface area contributed by atoms with Gasteiger partial charge in [0, 0.05) is 31.0 Å². The lowest BCUT2D eigenvalue weighted by atomic mass is 10.0. The van der Waals surface area contributed by atoms with Crippen molar-refractivity contribution >= 4 is 23.2 Å². The number of carbonyl (C=O) groups is 2. The summed E-state index contributed by atoms with van der Waals surface area (Å²) in [7, 11) is 0. The Labute approximate surface area is 217 Å². The lowest BCUT2D eigenvalue weighted by Crippen LogP contribution is -2.45. The van der Waals surface area contributed by atoms with Crippen molar-refractivity contribution < 1.29 is 23.8 Å². The molecule has 0 N–H and O–H groups in total. The van der Waals surface area contributed by atoms with E-state index in [9.17, 15) is 9.59 Å². The van der Waals surface area contributed by atoms with E-state index in [0.29, 0.717) is 37.7 Å². The van der Waals surface area contributed by atoms with Gasteiger partial charge in [-0.15, -0.1) is 11.3 Å². The second kappa shape index (κ2) is 12.1. The highest BCUT2D eigenvalue weighted by atomic mass is 32.1. The van der Waals surface area contributed by atoms with Crippen LogP contribution in [0.15, 0.2) is 35.7 Å². The largest absolute Gasteiger partial charge is 0.454 e. The Bertz CT molecular complexity index is 1010. The zero-order valence-electron chi connectivity index (χ0n) is 20.9. The van der Waals surface area contributed by atoms with Crippen molar-refractivity contribution in [3.63, 3.8) is 0 Å². The van der Waals surface area contributed by atoms with Gasteiger partial charge in [-0.05, 0) is 54.3 Å². The van der Waals surface area contributed by atoms with Crippen LogP contribution in [0.5, 0.6) is 11.5 Å². The number of rotatable bonds is 11. The predicted molar refractivity (Wildman–Crippen MR) is 138 cm³/mol. The SMILES string of the molecule is O=C(CN(CC1CCCO1)C(=O)CCC1CCCC1)N(Cc1ccc2c(c1)OCO2)Cc1cccs1. The number of ether oxygens (including phenoxy) is 3. The Morgan fingerprint density at radius 1 is 0.944 bits per heavy atom. The molecule has 0 radical (unpaired) electrons. The molecule has 1 aromatic heterocycles. The van der Waals surface area contributed by atoms with E-state index >= 15 is 0 Å². The summed E-state index contributed by atoms with van der Waals surface area (Å²) < 4.78 is 16.8. The van der Waals surface area contributed by atoms with Crippen LogP contribution in [0.1, 0.15) is 61.8 Å². The minimum Gasteiger partial charge on any atom is -0.454 e. The van der Waals surface area contributed by atoms with Gasteiger partial charge in [0.1, 0.15) is 0 Å². The van der Waals surface area contributed by atoms with Gasteiger partial charge in [-0.25, -0.2) is 0 Å². The third-order valence-corrected chi connectivity index (χ3v) is 8.32. The molecule has 3 heterocycles. The van der Waals surface area contributed by atoms with Gasteiger partial charge < -0.3 is 24.0 Å². The molecule has 2 aromatic rings. The number of carbonyl (C=O) groups excluding carboxylic acids is 2. The first-order valence-electron chi connectivity index (χ1n) is 13.2. The minimum atomic E-state index is -0.0479. The van der Waals surface area contributed by atoms with Crippen molar-refractivity contribution in [3.05, 3.63) is 46.2 Å². The summed E-state index contributed by atoms with van der Waals surface area (Å²) in [6.45, 7) is 2.48. The van der Waals surface area contributed by atoms with Crippen LogP contribution in [0.3, 0.4) is 0 Å². The fourth-order valence-electron chi connectivity index (χ4n) is 5.42. The maximum Gasteiger partial charge on any atom is 0.242 e. The van der Waals surface area contributed by atoms with Gasteiger partial charge in [0.15, 0.2) is 11.5 Å². The lowest BCUT2D eigenvalue weighted by molar-refractivity contribution is -0.142. The third kappa shape index (κ3) is 6.59. The number of fused-ring (bicyclic) bond motifs is 1. The fourth-order valence-corrected chi connectivity index (χ4v) is 6.14. The van der Waals surface area contributed by atoms with Crippen molar-refractivity contribution in [2.45, 2.75) is 70.6 Å². The quantitative estimate of drug-likeness (QED) is 0.425. The first kappa shape index (κ1) is 25.1. The Hall–Kier alpha value is -2.58. The molecule has 36 heavy (non-hydrogen) atoms. The minimum absolute atomic E-state index is 0.0211. The highest BCUT2D eigenvalue weighted by Gasteiger charge is 2.28. The molecule has 2 amide bonds. The van der Waals surface area contributed by atoms with E-state index in [1.807, 2.05) is 40.6 Å². The molecule has 0 bridgehead atoms. The molecule has 7 nitrogen and oxygen atoms in total. The summed E-state index contributed by atoms with van der Waals surface area (Å²) in [6, 6.07) is 9.84. The molecule has 5 rings (SSSR count). The molecule has 2 fully saturated rings. The predicted octanol–water partition coefficient (Wildman–Crippen LogP) is 4.98. The van der Waals surface area contributed by atoms with E-state index in [2.05, 4.69) is 0 Å². The van der Waals surface area contributed by atoms with Gasteiger partial charge in [-0.3, -0.25) is 9.59 Å². The van der Waals surface area contributed by atoms with E-state index in [0.717, 1.165) is 42.1 Å². The number of amides is 2. The van der Waals surface area contributed by atoms with E-state index in [4.69, 9.17) is 14.2 Å². The molecular weight excluding hydrogens is 476 g/mol. The summed E-state index contributed by atoms with van der Waals surface area (Å²) in [5, 5.41) is 2.02. The monoisotopic (exact) mass is 512 g/mol. The molecule has 1 atom stereocenters. The Morgan fingerprint density at radius 2 is 1.81 bits per heavy atom. The van der Waals surface area contributed by atoms with Crippen LogP contribution in [-0.4, -0.2) is 54.2 Å². The van der Waals surface area contributed by atoms with Gasteiger partial charge in [0.2, 0.25) is 18.6 Å². The van der Waals surface area contributed by atoms with Crippen LogP contribution in [0, 0.1) is 5.92 Å². The summed E-state index contributed by atoms with van der Waals surface area (Å²) in [5.41, 5.74) is 0.974. The Kier molecular flexibility index (Phi) is 8.43. The summed E-state index contributed by atoms with van der Waals surface area (Å²) in [4.78, 5) is 31.7. The van der Waals surface area contributed by atoms with Crippen molar-refractivity contribution in [3.8, 4) is 11.5 Å². The van der Waals surface area contributed by atoms with Gasteiger partial charge in [-0.2, -0.15) is 0 Å². The Morgan fingerprint density at radius 3 is 2.58 bits per heavy atom. The van der Waals surface area contributed by atoms with Crippen molar-refractivity contribution in [2.75, 3.05) is 26.5 Å². The van der Waals surface area contributed by atoms with Crippen LogP contribution in [0.2, 0.25) is 0 Å². The zero-order chi connectivity index (χ0) is 24.7. The Balaban J connectivity index is 1.28. The third-order valence-electron chi connectivity index (χ3n) is 7.46. The van der Waals surface area contributed by atoms with Gasteiger partial charge in [0.05, 0.1) is 19.2 Å². The number of hydrogen-bond acceptors (Lipinski definition) is 6. The van der Waals surface area contributed by atoms with Gasteiger partial charge in [0.25, 0.3) is 0 Å². The topological polar surface area (TPSA) is 68.3 Å². The summed E-state index contributed by atoms with van der Waals surface area (Å²) in [6.07, 6.45) is 8.40. The van der Waals surface area contributed by atoms with Crippen LogP contribution >= 0.6 is 11.3 Å². The molecule has 1 unspecified atom stereocenters. The molecule has 1 saturated heterocycles. The average Bonchev–Trinajstić information content (AvgIpc) is 3.69. The first-order valence-corrected chi connectivity index (χ1v) is 14.1. The van der Waals surface area contributed by atoms with Gasteiger partial charge in [-0.1, -0.05) is 37.8 Å². The van der Waals surface area contributed by atoms with Crippen molar-refractivity contribution in [2.24, 2.45) is 5.92 Å². The van der Waals surface area contributed by atoms with Crippen molar-refractivity contribution in [1.29, 1.82) is 0 Å². The molecule has 1 saturated carbocycles. The molecular formula is C28H36N2O5S. The zero-order valence-corrected chi connectivity index (χ0v) is 21.7. The van der Waals surface area contributed by atoms with Crippen LogP contribution < -0.4 is 9.47 Å². The number of thiophene rings is 1. The van der Waals surface area contributed by atoms with Crippen LogP contribution in [0.25, 0.3) is 0 Å². The molecule has 8 heteroatoms. The van der Waals surface area contributed by atoms with E-state index in [-0.39, 0.29) is 31.3 Å². The molecule has 1 aromatic carbocycles. The second-order valence-corrected chi connectivity index (χ2v) is 11.1. The standard InChI is InChI=1S/C28H36N2O5S/c31-27(12-10-21-5-1-2-6-21)30(17-23-7-3-13-33-23)19-28(32)29(18-24-8-4-14-36-24)16-22-9-11-25-26(15-22)35-20-34-25/h4,8-9,11,14-15,21,23H,1-3,5-7,10,12-13,16-20H2. The number of benzene rings is 1. The number of nitrogens with zero attached hydrogens (tertiary/aromatic N) is 2. The highest BCUT2D eigenvalue weighted by Crippen LogP contribution is 2.33. The van der Waals surface area contributed by atoms with Gasteiger partial charge >= 0.3 is 0 Å². The van der Waals surface area contributed by atoms with E-state index < -0.39 is 0 Å². The summed E-state index contributed by atoms with van der Waals surface area (Å²) in [5.74, 6) is 2.11. The second-order valence-electron chi connectivity index (χ2n) is 10.1. The molecule has 0 spiro atoms. The molecule has 3 aliphatic rings. The molecule has 2 aliphatic heterocycles. The fraction of sp³-hybridized carbons (Fsp3) is 0.571. The lowest BCUT2D eigenvalue weighted by Gasteiger charge is -2.29. The highest BCUT2D eigenvalue weighted by molar-refractivity contribution is 7.09. The first-order chi connectivity index (χ1) is 17.6. The van der Waals surface area contributed by atoms with Crippen molar-refractivity contribution in [1.82, 2.24) is 9.80 Å².